The number of rotatable bonds is 2. The Balaban J connectivity index is 1.78. The average Bonchev–Trinajstić information content (AvgIpc) is 2.87. The van der Waals surface area contributed by atoms with Gasteiger partial charge in [-0.3, -0.25) is 0 Å². The van der Waals surface area contributed by atoms with Gasteiger partial charge in [-0.1, -0.05) is 0 Å². The van der Waals surface area contributed by atoms with Gasteiger partial charge in [0.05, 0.1) is 10.2 Å². The topological polar surface area (TPSA) is 51.8 Å². The molecule has 84 valence electrons. The van der Waals surface area contributed by atoms with Crippen molar-refractivity contribution in [1.29, 1.82) is 0 Å². The first-order valence-corrected chi connectivity index (χ1v) is 6.64. The van der Waals surface area contributed by atoms with Crippen LogP contribution in [0, 0.1) is 5.92 Å². The Morgan fingerprint density at radius 3 is 3.19 bits per heavy atom. The first-order valence-electron chi connectivity index (χ1n) is 5.76. The fourth-order valence-corrected chi connectivity index (χ4v) is 3.15. The smallest absolute Gasteiger partial charge is 0.129 e. The quantitative estimate of drug-likeness (QED) is 0.866. The van der Waals surface area contributed by atoms with Crippen molar-refractivity contribution in [3.63, 3.8) is 0 Å². The van der Waals surface area contributed by atoms with Crippen molar-refractivity contribution < 1.29 is 0 Å². The Labute approximate surface area is 98.7 Å². The summed E-state index contributed by atoms with van der Waals surface area (Å²) in [6, 6.07) is 2.46. The van der Waals surface area contributed by atoms with Gasteiger partial charge in [0.1, 0.15) is 5.82 Å². The molecule has 3 nitrogen and oxygen atoms in total. The van der Waals surface area contributed by atoms with E-state index in [1.165, 1.54) is 11.1 Å². The van der Waals surface area contributed by atoms with Crippen molar-refractivity contribution in [3.05, 3.63) is 23.5 Å². The molecule has 16 heavy (non-hydrogen) atoms. The number of thiophene rings is 1. The highest BCUT2D eigenvalue weighted by Gasteiger charge is 2.22. The Hall–Kier alpha value is -1.00. The lowest BCUT2D eigenvalue weighted by molar-refractivity contribution is 0.521. The van der Waals surface area contributed by atoms with Crippen LogP contribution < -0.4 is 5.73 Å². The van der Waals surface area contributed by atoms with Crippen LogP contribution in [0.3, 0.4) is 0 Å². The first kappa shape index (κ1) is 10.2. The molecule has 2 aromatic heterocycles. The highest BCUT2D eigenvalue weighted by molar-refractivity contribution is 7.17. The van der Waals surface area contributed by atoms with Crippen LogP contribution in [0.2, 0.25) is 0 Å². The molecular weight excluding hydrogens is 218 g/mol. The third-order valence-electron chi connectivity index (χ3n) is 3.31. The first-order chi connectivity index (χ1) is 7.81. The van der Waals surface area contributed by atoms with Crippen molar-refractivity contribution in [1.82, 2.24) is 9.97 Å². The summed E-state index contributed by atoms with van der Waals surface area (Å²) in [5, 5.41) is 2.06. The van der Waals surface area contributed by atoms with Crippen molar-refractivity contribution in [2.75, 3.05) is 0 Å². The maximum absolute atomic E-state index is 5.91. The number of hydrogen-bond acceptors (Lipinski definition) is 4. The van der Waals surface area contributed by atoms with Crippen LogP contribution >= 0.6 is 11.3 Å². The number of nitrogens with zero attached hydrogens (tertiary/aromatic N) is 2. The standard InChI is InChI=1S/C12H15N3S/c13-9-2-1-8(5-9)6-12-14-7-11-10(15-12)3-4-16-11/h3-4,7-9H,1-2,5-6,13H2/t8-,9-/m0/s1. The Morgan fingerprint density at radius 1 is 1.44 bits per heavy atom. The van der Waals surface area contributed by atoms with Crippen molar-refractivity contribution in [2.45, 2.75) is 31.7 Å². The van der Waals surface area contributed by atoms with E-state index in [4.69, 9.17) is 5.73 Å². The van der Waals surface area contributed by atoms with Crippen molar-refractivity contribution in [2.24, 2.45) is 11.7 Å². The number of fused-ring (bicyclic) bond motifs is 1. The van der Waals surface area contributed by atoms with Gasteiger partial charge in [0, 0.05) is 18.7 Å². The highest BCUT2D eigenvalue weighted by Crippen LogP contribution is 2.27. The molecule has 1 aliphatic carbocycles. The molecule has 2 atom stereocenters. The number of nitrogens with two attached hydrogens (primary N) is 1. The predicted octanol–water partition coefficient (Wildman–Crippen LogP) is 2.36. The second kappa shape index (κ2) is 4.11. The predicted molar refractivity (Wildman–Crippen MR) is 66.4 cm³/mol. The van der Waals surface area contributed by atoms with E-state index in [0.29, 0.717) is 12.0 Å². The molecule has 0 aromatic carbocycles. The molecule has 4 heteroatoms. The lowest BCUT2D eigenvalue weighted by Gasteiger charge is -2.07. The van der Waals surface area contributed by atoms with Gasteiger partial charge < -0.3 is 5.73 Å². The highest BCUT2D eigenvalue weighted by atomic mass is 32.1. The van der Waals surface area contributed by atoms with Crippen LogP contribution in [0.5, 0.6) is 0 Å². The second-order valence-electron chi connectivity index (χ2n) is 4.60. The maximum Gasteiger partial charge on any atom is 0.129 e. The summed E-state index contributed by atoms with van der Waals surface area (Å²) in [7, 11) is 0. The molecule has 1 aliphatic rings. The van der Waals surface area contributed by atoms with Crippen LogP contribution in [0.4, 0.5) is 0 Å². The van der Waals surface area contributed by atoms with Gasteiger partial charge in [0.2, 0.25) is 0 Å². The largest absolute Gasteiger partial charge is 0.328 e. The Kier molecular flexibility index (Phi) is 2.61. The third-order valence-corrected chi connectivity index (χ3v) is 4.15. The van der Waals surface area contributed by atoms with Gasteiger partial charge in [-0.25, -0.2) is 9.97 Å². The molecule has 2 N–H and O–H groups in total. The SMILES string of the molecule is N[C@H]1CC[C@H](Cc2ncc3sccc3n2)C1. The number of hydrogen-bond donors (Lipinski definition) is 1. The van der Waals surface area contributed by atoms with Crippen molar-refractivity contribution >= 4 is 21.6 Å². The third kappa shape index (κ3) is 1.95. The molecule has 1 saturated carbocycles. The minimum atomic E-state index is 0.398. The van der Waals surface area contributed by atoms with Crippen LogP contribution in [0.1, 0.15) is 25.1 Å². The van der Waals surface area contributed by atoms with E-state index in [9.17, 15) is 0 Å². The molecule has 0 bridgehead atoms. The van der Waals surface area contributed by atoms with Gasteiger partial charge in [0.25, 0.3) is 0 Å². The monoisotopic (exact) mass is 233 g/mol. The summed E-state index contributed by atoms with van der Waals surface area (Å²) < 4.78 is 1.17. The molecule has 0 amide bonds. The second-order valence-corrected chi connectivity index (χ2v) is 5.55. The van der Waals surface area contributed by atoms with Crippen LogP contribution in [0.15, 0.2) is 17.6 Å². The lowest BCUT2D eigenvalue weighted by Crippen LogP contribution is -2.15. The summed E-state index contributed by atoms with van der Waals surface area (Å²) in [6.45, 7) is 0. The summed E-state index contributed by atoms with van der Waals surface area (Å²) in [5.74, 6) is 1.66. The summed E-state index contributed by atoms with van der Waals surface area (Å²) in [4.78, 5) is 9.01. The van der Waals surface area contributed by atoms with Crippen LogP contribution in [-0.2, 0) is 6.42 Å². The van der Waals surface area contributed by atoms with Gasteiger partial charge in [-0.05, 0) is 36.6 Å². The van der Waals surface area contributed by atoms with E-state index in [-0.39, 0.29) is 0 Å². The van der Waals surface area contributed by atoms with Crippen LogP contribution in [-0.4, -0.2) is 16.0 Å². The van der Waals surface area contributed by atoms with Gasteiger partial charge in [0.15, 0.2) is 0 Å². The molecule has 2 aromatic rings. The molecule has 0 spiro atoms. The summed E-state index contributed by atoms with van der Waals surface area (Å²) >= 11 is 1.69. The fraction of sp³-hybridized carbons (Fsp3) is 0.500. The molecule has 1 fully saturated rings. The van der Waals surface area contributed by atoms with Gasteiger partial charge >= 0.3 is 0 Å². The van der Waals surface area contributed by atoms with E-state index in [0.717, 1.165) is 30.6 Å². The minimum Gasteiger partial charge on any atom is -0.328 e. The maximum atomic E-state index is 5.91. The minimum absolute atomic E-state index is 0.398. The molecule has 3 rings (SSSR count). The van der Waals surface area contributed by atoms with E-state index in [1.807, 2.05) is 6.20 Å². The Bertz CT molecular complexity index is 494. The van der Waals surface area contributed by atoms with Crippen LogP contribution in [0.25, 0.3) is 10.2 Å². The molecule has 0 radical (unpaired) electrons. The molecule has 0 saturated heterocycles. The van der Waals surface area contributed by atoms with Gasteiger partial charge in [-0.15, -0.1) is 11.3 Å². The fourth-order valence-electron chi connectivity index (χ4n) is 2.46. The normalized spacial score (nSPS) is 25.3. The zero-order chi connectivity index (χ0) is 11.0. The zero-order valence-corrected chi connectivity index (χ0v) is 9.91. The number of aromatic nitrogens is 2. The molecule has 2 heterocycles. The average molecular weight is 233 g/mol. The van der Waals surface area contributed by atoms with E-state index in [1.54, 1.807) is 11.3 Å². The molecule has 0 unspecified atom stereocenters. The molecule has 0 aliphatic heterocycles. The van der Waals surface area contributed by atoms with E-state index < -0.39 is 0 Å². The summed E-state index contributed by atoms with van der Waals surface area (Å²) in [6.07, 6.45) is 6.44. The lowest BCUT2D eigenvalue weighted by atomic mass is 10.0. The van der Waals surface area contributed by atoms with E-state index in [2.05, 4.69) is 21.4 Å². The summed E-state index contributed by atoms with van der Waals surface area (Å²) in [5.41, 5.74) is 6.99. The van der Waals surface area contributed by atoms with Crippen molar-refractivity contribution in [3.8, 4) is 0 Å². The zero-order valence-electron chi connectivity index (χ0n) is 9.10. The Morgan fingerprint density at radius 2 is 2.38 bits per heavy atom. The van der Waals surface area contributed by atoms with E-state index >= 15 is 0 Å². The van der Waals surface area contributed by atoms with Gasteiger partial charge in [-0.2, -0.15) is 0 Å². The molecular formula is C12H15N3S.